The van der Waals surface area contributed by atoms with Crippen molar-refractivity contribution in [1.82, 2.24) is 10.6 Å². The quantitative estimate of drug-likeness (QED) is 0.781. The number of rotatable bonds is 6. The molecule has 0 radical (unpaired) electrons. The van der Waals surface area contributed by atoms with Gasteiger partial charge in [0.2, 0.25) is 0 Å². The molecule has 0 saturated heterocycles. The number of amides is 3. The molecule has 0 saturated carbocycles. The molecule has 0 bridgehead atoms. The van der Waals surface area contributed by atoms with E-state index in [4.69, 9.17) is 4.74 Å². The summed E-state index contributed by atoms with van der Waals surface area (Å²) in [4.78, 5) is 35.4. The van der Waals surface area contributed by atoms with Crippen LogP contribution in [-0.2, 0) is 14.3 Å². The zero-order chi connectivity index (χ0) is 18.9. The first-order valence-corrected chi connectivity index (χ1v) is 8.33. The molecule has 0 spiro atoms. The lowest BCUT2D eigenvalue weighted by molar-refractivity contribution is -0.154. The van der Waals surface area contributed by atoms with Gasteiger partial charge in [-0.2, -0.15) is 0 Å². The standard InChI is InChI=1S/C20H22N2O4/c1-14(19(24)22-20(25)21-2)26-18(23)13-17(15-9-5-3-6-10-15)16-11-7-4-8-12-16/h3-12,14,17H,13H2,1-2H3,(H2,21,22,24,25). The average molecular weight is 354 g/mol. The highest BCUT2D eigenvalue weighted by molar-refractivity contribution is 5.97. The van der Waals surface area contributed by atoms with E-state index in [2.05, 4.69) is 10.6 Å². The van der Waals surface area contributed by atoms with Crippen molar-refractivity contribution < 1.29 is 19.1 Å². The minimum atomic E-state index is -1.06. The Kier molecular flexibility index (Phi) is 6.91. The van der Waals surface area contributed by atoms with Crippen LogP contribution in [0.4, 0.5) is 4.79 Å². The molecule has 3 amide bonds. The number of hydrogen-bond donors (Lipinski definition) is 2. The SMILES string of the molecule is CNC(=O)NC(=O)C(C)OC(=O)CC(c1ccccc1)c1ccccc1. The van der Waals surface area contributed by atoms with Crippen molar-refractivity contribution >= 4 is 17.9 Å². The van der Waals surface area contributed by atoms with Gasteiger partial charge in [0.25, 0.3) is 5.91 Å². The Morgan fingerprint density at radius 3 is 1.88 bits per heavy atom. The molecule has 2 N–H and O–H groups in total. The molecular weight excluding hydrogens is 332 g/mol. The Labute approximate surface area is 152 Å². The van der Waals surface area contributed by atoms with Crippen LogP contribution in [0.5, 0.6) is 0 Å². The summed E-state index contributed by atoms with van der Waals surface area (Å²) in [5.41, 5.74) is 1.97. The summed E-state index contributed by atoms with van der Waals surface area (Å²) in [7, 11) is 1.39. The molecule has 136 valence electrons. The van der Waals surface area contributed by atoms with E-state index in [1.165, 1.54) is 14.0 Å². The van der Waals surface area contributed by atoms with Gasteiger partial charge in [-0.1, -0.05) is 60.7 Å². The Morgan fingerprint density at radius 1 is 0.923 bits per heavy atom. The summed E-state index contributed by atoms with van der Waals surface area (Å²) < 4.78 is 5.20. The number of imide groups is 1. The van der Waals surface area contributed by atoms with Gasteiger partial charge in [0.05, 0.1) is 6.42 Å². The Hall–Kier alpha value is -3.15. The van der Waals surface area contributed by atoms with Gasteiger partial charge in [-0.15, -0.1) is 0 Å². The second-order valence-corrected chi connectivity index (χ2v) is 5.78. The van der Waals surface area contributed by atoms with Gasteiger partial charge in [-0.25, -0.2) is 4.79 Å². The smallest absolute Gasteiger partial charge is 0.321 e. The molecule has 1 atom stereocenters. The molecule has 0 aliphatic carbocycles. The van der Waals surface area contributed by atoms with Crippen LogP contribution < -0.4 is 10.6 Å². The highest BCUT2D eigenvalue weighted by Crippen LogP contribution is 2.28. The van der Waals surface area contributed by atoms with Crippen LogP contribution in [-0.4, -0.2) is 31.1 Å². The maximum absolute atomic E-state index is 12.4. The van der Waals surface area contributed by atoms with Crippen LogP contribution in [0.15, 0.2) is 60.7 Å². The second-order valence-electron chi connectivity index (χ2n) is 5.78. The van der Waals surface area contributed by atoms with Crippen LogP contribution in [0.25, 0.3) is 0 Å². The molecule has 2 aromatic carbocycles. The summed E-state index contributed by atoms with van der Waals surface area (Å²) >= 11 is 0. The van der Waals surface area contributed by atoms with Crippen LogP contribution in [0, 0.1) is 0 Å². The first kappa shape index (κ1) is 19.2. The predicted octanol–water partition coefficient (Wildman–Crippen LogP) is 2.60. The molecule has 0 aliphatic heterocycles. The fourth-order valence-corrected chi connectivity index (χ4v) is 2.54. The van der Waals surface area contributed by atoms with E-state index in [9.17, 15) is 14.4 Å². The first-order valence-electron chi connectivity index (χ1n) is 8.33. The highest BCUT2D eigenvalue weighted by atomic mass is 16.5. The van der Waals surface area contributed by atoms with E-state index in [1.54, 1.807) is 0 Å². The summed E-state index contributed by atoms with van der Waals surface area (Å²) in [6.45, 7) is 1.43. The molecular formula is C20H22N2O4. The van der Waals surface area contributed by atoms with Crippen molar-refractivity contribution in [3.8, 4) is 0 Å². The topological polar surface area (TPSA) is 84.5 Å². The Bertz CT molecular complexity index is 707. The normalized spacial score (nSPS) is 11.5. The van der Waals surface area contributed by atoms with E-state index in [0.717, 1.165) is 11.1 Å². The van der Waals surface area contributed by atoms with E-state index in [1.807, 2.05) is 60.7 Å². The summed E-state index contributed by atoms with van der Waals surface area (Å²) in [6, 6.07) is 18.6. The van der Waals surface area contributed by atoms with Crippen molar-refractivity contribution in [2.45, 2.75) is 25.4 Å². The Morgan fingerprint density at radius 2 is 1.42 bits per heavy atom. The minimum Gasteiger partial charge on any atom is -0.453 e. The Balaban J connectivity index is 2.07. The van der Waals surface area contributed by atoms with Crippen molar-refractivity contribution in [2.24, 2.45) is 0 Å². The van der Waals surface area contributed by atoms with Crippen LogP contribution in [0.2, 0.25) is 0 Å². The zero-order valence-corrected chi connectivity index (χ0v) is 14.8. The largest absolute Gasteiger partial charge is 0.453 e. The van der Waals surface area contributed by atoms with Gasteiger partial charge in [0.1, 0.15) is 0 Å². The van der Waals surface area contributed by atoms with Gasteiger partial charge < -0.3 is 10.1 Å². The summed E-state index contributed by atoms with van der Waals surface area (Å²) in [5.74, 6) is -1.37. The minimum absolute atomic E-state index is 0.0889. The summed E-state index contributed by atoms with van der Waals surface area (Å²) in [5, 5.41) is 4.35. The fourth-order valence-electron chi connectivity index (χ4n) is 2.54. The van der Waals surface area contributed by atoms with Gasteiger partial charge in [-0.3, -0.25) is 14.9 Å². The second kappa shape index (κ2) is 9.36. The van der Waals surface area contributed by atoms with Gasteiger partial charge in [0, 0.05) is 13.0 Å². The van der Waals surface area contributed by atoms with Crippen LogP contribution in [0.3, 0.4) is 0 Å². The lowest BCUT2D eigenvalue weighted by Crippen LogP contribution is -2.43. The number of carbonyl (C=O) groups excluding carboxylic acids is 3. The number of esters is 1. The maximum atomic E-state index is 12.4. The van der Waals surface area contributed by atoms with E-state index in [-0.39, 0.29) is 12.3 Å². The number of ether oxygens (including phenoxy) is 1. The van der Waals surface area contributed by atoms with Gasteiger partial charge in [-0.05, 0) is 18.1 Å². The average Bonchev–Trinajstić information content (AvgIpc) is 2.67. The molecule has 6 heteroatoms. The number of hydrogen-bond acceptors (Lipinski definition) is 4. The number of nitrogens with one attached hydrogen (secondary N) is 2. The maximum Gasteiger partial charge on any atom is 0.321 e. The van der Waals surface area contributed by atoms with E-state index < -0.39 is 24.0 Å². The third-order valence-corrected chi connectivity index (χ3v) is 3.92. The van der Waals surface area contributed by atoms with Crippen molar-refractivity contribution in [1.29, 1.82) is 0 Å². The van der Waals surface area contributed by atoms with Crippen LogP contribution in [0.1, 0.15) is 30.4 Å². The molecule has 6 nitrogen and oxygen atoms in total. The van der Waals surface area contributed by atoms with Crippen LogP contribution >= 0.6 is 0 Å². The molecule has 1 unspecified atom stereocenters. The van der Waals surface area contributed by atoms with E-state index in [0.29, 0.717) is 0 Å². The predicted molar refractivity (Wildman–Crippen MR) is 97.5 cm³/mol. The molecule has 2 rings (SSSR count). The molecule has 0 fully saturated rings. The third-order valence-electron chi connectivity index (χ3n) is 3.92. The van der Waals surface area contributed by atoms with Crippen molar-refractivity contribution in [3.63, 3.8) is 0 Å². The van der Waals surface area contributed by atoms with E-state index >= 15 is 0 Å². The first-order chi connectivity index (χ1) is 12.5. The third kappa shape index (κ3) is 5.44. The molecule has 26 heavy (non-hydrogen) atoms. The highest BCUT2D eigenvalue weighted by Gasteiger charge is 2.23. The molecule has 0 aliphatic rings. The van der Waals surface area contributed by atoms with Crippen molar-refractivity contribution in [3.05, 3.63) is 71.8 Å². The monoisotopic (exact) mass is 354 g/mol. The lowest BCUT2D eigenvalue weighted by atomic mass is 9.88. The lowest BCUT2D eigenvalue weighted by Gasteiger charge is -2.19. The fraction of sp³-hybridized carbons (Fsp3) is 0.250. The van der Waals surface area contributed by atoms with Gasteiger partial charge in [0.15, 0.2) is 6.10 Å². The number of benzene rings is 2. The molecule has 2 aromatic rings. The number of urea groups is 1. The number of carbonyl (C=O) groups is 3. The van der Waals surface area contributed by atoms with Gasteiger partial charge >= 0.3 is 12.0 Å². The molecule has 0 aromatic heterocycles. The summed E-state index contributed by atoms with van der Waals surface area (Å²) in [6.07, 6.45) is -0.974. The zero-order valence-electron chi connectivity index (χ0n) is 14.8. The molecule has 0 heterocycles. The van der Waals surface area contributed by atoms with Crippen molar-refractivity contribution in [2.75, 3.05) is 7.05 Å².